The van der Waals surface area contributed by atoms with Crippen molar-refractivity contribution in [2.24, 2.45) is 7.05 Å². The number of aryl methyl sites for hydroxylation is 2. The highest BCUT2D eigenvalue weighted by molar-refractivity contribution is 5.59. The number of nitrogens with one attached hydrogen (secondary N) is 1. The van der Waals surface area contributed by atoms with Crippen LogP contribution in [0.3, 0.4) is 0 Å². The lowest BCUT2D eigenvalue weighted by molar-refractivity contribution is -0.137. The minimum absolute atomic E-state index is 0.0382. The van der Waals surface area contributed by atoms with E-state index in [2.05, 4.69) is 10.4 Å². The van der Waals surface area contributed by atoms with Crippen molar-refractivity contribution >= 4 is 5.69 Å². The van der Waals surface area contributed by atoms with Gasteiger partial charge in [0.25, 0.3) is 0 Å². The molecule has 1 aromatic carbocycles. The van der Waals surface area contributed by atoms with Gasteiger partial charge in [0.1, 0.15) is 6.07 Å². The Morgan fingerprint density at radius 3 is 2.57 bits per heavy atom. The first-order chi connectivity index (χ1) is 9.81. The summed E-state index contributed by atoms with van der Waals surface area (Å²) >= 11 is 0. The predicted octanol–water partition coefficient (Wildman–Crippen LogP) is 3.23. The van der Waals surface area contributed by atoms with E-state index in [9.17, 15) is 13.2 Å². The second-order valence-corrected chi connectivity index (χ2v) is 4.62. The third-order valence-electron chi connectivity index (χ3n) is 3.03. The molecule has 0 saturated heterocycles. The minimum atomic E-state index is -4.46. The van der Waals surface area contributed by atoms with Crippen molar-refractivity contribution in [2.45, 2.75) is 19.6 Å². The molecule has 2 rings (SSSR count). The van der Waals surface area contributed by atoms with Crippen LogP contribution in [0.4, 0.5) is 18.9 Å². The zero-order valence-electron chi connectivity index (χ0n) is 11.5. The molecule has 0 aliphatic rings. The molecule has 0 aliphatic heterocycles. The van der Waals surface area contributed by atoms with Crippen molar-refractivity contribution in [3.63, 3.8) is 0 Å². The van der Waals surface area contributed by atoms with Gasteiger partial charge < -0.3 is 5.32 Å². The Morgan fingerprint density at radius 2 is 2.05 bits per heavy atom. The van der Waals surface area contributed by atoms with Crippen molar-refractivity contribution in [1.82, 2.24) is 9.78 Å². The van der Waals surface area contributed by atoms with Crippen molar-refractivity contribution in [1.29, 1.82) is 5.26 Å². The number of hydrogen-bond acceptors (Lipinski definition) is 3. The summed E-state index contributed by atoms with van der Waals surface area (Å²) in [6.07, 6.45) is -4.46. The normalized spacial score (nSPS) is 11.2. The lowest BCUT2D eigenvalue weighted by Crippen LogP contribution is -2.09. The lowest BCUT2D eigenvalue weighted by Gasteiger charge is -2.11. The third kappa shape index (κ3) is 3.34. The summed E-state index contributed by atoms with van der Waals surface area (Å²) in [6.45, 7) is 2.22. The van der Waals surface area contributed by atoms with Gasteiger partial charge in [0.05, 0.1) is 34.7 Å². The predicted molar refractivity (Wildman–Crippen MR) is 71.4 cm³/mol. The number of benzene rings is 1. The molecule has 7 heteroatoms. The van der Waals surface area contributed by atoms with Crippen LogP contribution in [-0.4, -0.2) is 9.78 Å². The Bertz CT molecular complexity index is 695. The largest absolute Gasteiger partial charge is 0.416 e. The summed E-state index contributed by atoms with van der Waals surface area (Å²) in [6, 6.07) is 6.71. The van der Waals surface area contributed by atoms with Crippen molar-refractivity contribution in [2.75, 3.05) is 5.32 Å². The maximum absolute atomic E-state index is 12.6. The summed E-state index contributed by atoms with van der Waals surface area (Å²) in [4.78, 5) is 0. The molecule has 1 heterocycles. The van der Waals surface area contributed by atoms with Crippen LogP contribution >= 0.6 is 0 Å². The van der Waals surface area contributed by atoms with E-state index in [0.29, 0.717) is 12.2 Å². The number of aromatic nitrogens is 2. The topological polar surface area (TPSA) is 53.6 Å². The van der Waals surface area contributed by atoms with Gasteiger partial charge in [-0.15, -0.1) is 0 Å². The quantitative estimate of drug-likeness (QED) is 0.945. The van der Waals surface area contributed by atoms with Gasteiger partial charge in [0, 0.05) is 7.05 Å². The van der Waals surface area contributed by atoms with Crippen LogP contribution in [-0.2, 0) is 19.8 Å². The van der Waals surface area contributed by atoms with Crippen LogP contribution in [0.5, 0.6) is 0 Å². The summed E-state index contributed by atoms with van der Waals surface area (Å²) in [5.41, 5.74) is 1.22. The molecular weight excluding hydrogens is 281 g/mol. The van der Waals surface area contributed by atoms with E-state index in [1.54, 1.807) is 17.8 Å². The maximum Gasteiger partial charge on any atom is 0.416 e. The van der Waals surface area contributed by atoms with Gasteiger partial charge in [0.15, 0.2) is 0 Å². The highest BCUT2D eigenvalue weighted by Gasteiger charge is 2.31. The van der Waals surface area contributed by atoms with Gasteiger partial charge in [-0.25, -0.2) is 0 Å². The lowest BCUT2D eigenvalue weighted by atomic mass is 10.1. The van der Waals surface area contributed by atoms with E-state index in [4.69, 9.17) is 5.26 Å². The van der Waals surface area contributed by atoms with E-state index in [0.717, 1.165) is 23.5 Å². The van der Waals surface area contributed by atoms with Gasteiger partial charge in [-0.3, -0.25) is 4.68 Å². The van der Waals surface area contributed by atoms with Crippen molar-refractivity contribution < 1.29 is 13.2 Å². The second-order valence-electron chi connectivity index (χ2n) is 4.62. The van der Waals surface area contributed by atoms with E-state index in [1.165, 1.54) is 6.07 Å². The summed E-state index contributed by atoms with van der Waals surface area (Å²) in [5, 5.41) is 16.1. The summed E-state index contributed by atoms with van der Waals surface area (Å²) in [7, 11) is 1.78. The Kier molecular flexibility index (Phi) is 3.89. The molecule has 2 aromatic rings. The molecule has 110 valence electrons. The molecule has 0 unspecified atom stereocenters. The van der Waals surface area contributed by atoms with E-state index in [1.807, 2.05) is 13.0 Å². The summed E-state index contributed by atoms with van der Waals surface area (Å²) < 4.78 is 39.5. The molecule has 0 radical (unpaired) electrons. The molecule has 1 aromatic heterocycles. The Balaban J connectivity index is 2.21. The fraction of sp³-hybridized carbons (Fsp3) is 0.286. The van der Waals surface area contributed by atoms with Crippen LogP contribution in [0.1, 0.15) is 22.5 Å². The van der Waals surface area contributed by atoms with E-state index in [-0.39, 0.29) is 5.56 Å². The Hall–Kier alpha value is -2.49. The van der Waals surface area contributed by atoms with Gasteiger partial charge >= 0.3 is 6.18 Å². The molecule has 0 bridgehead atoms. The minimum Gasteiger partial charge on any atom is -0.378 e. The van der Waals surface area contributed by atoms with Crippen LogP contribution in [0.25, 0.3) is 0 Å². The van der Waals surface area contributed by atoms with Crippen molar-refractivity contribution in [3.8, 4) is 6.07 Å². The van der Waals surface area contributed by atoms with E-state index < -0.39 is 11.7 Å². The van der Waals surface area contributed by atoms with Gasteiger partial charge in [-0.1, -0.05) is 0 Å². The van der Waals surface area contributed by atoms with E-state index >= 15 is 0 Å². The van der Waals surface area contributed by atoms with Gasteiger partial charge in [-0.2, -0.15) is 23.5 Å². The zero-order chi connectivity index (χ0) is 15.6. The van der Waals surface area contributed by atoms with Gasteiger partial charge in [0.2, 0.25) is 0 Å². The Morgan fingerprint density at radius 1 is 1.33 bits per heavy atom. The number of alkyl halides is 3. The molecule has 0 aliphatic carbocycles. The number of nitriles is 1. The van der Waals surface area contributed by atoms with Gasteiger partial charge in [-0.05, 0) is 31.2 Å². The molecule has 0 fully saturated rings. The third-order valence-corrected chi connectivity index (χ3v) is 3.03. The second kappa shape index (κ2) is 5.48. The molecular formula is C14H13F3N4. The van der Waals surface area contributed by atoms with Crippen LogP contribution < -0.4 is 5.32 Å². The molecule has 4 nitrogen and oxygen atoms in total. The average molecular weight is 294 g/mol. The average Bonchev–Trinajstić information content (AvgIpc) is 2.73. The molecule has 21 heavy (non-hydrogen) atoms. The monoisotopic (exact) mass is 294 g/mol. The SMILES string of the molecule is Cc1cc(CNc2ccc(C(F)(F)F)cc2C#N)n(C)n1. The standard InChI is InChI=1S/C14H13F3N4/c1-9-5-12(21(2)20-9)8-19-13-4-3-11(14(15,16)17)6-10(13)7-18/h3-6,19H,8H2,1-2H3. The number of rotatable bonds is 3. The smallest absolute Gasteiger partial charge is 0.378 e. The van der Waals surface area contributed by atoms with Crippen LogP contribution in [0.2, 0.25) is 0 Å². The maximum atomic E-state index is 12.6. The molecule has 0 amide bonds. The fourth-order valence-electron chi connectivity index (χ4n) is 1.98. The Labute approximate surface area is 119 Å². The first kappa shape index (κ1) is 14.9. The highest BCUT2D eigenvalue weighted by Crippen LogP contribution is 2.31. The number of anilines is 1. The first-order valence-electron chi connectivity index (χ1n) is 6.16. The highest BCUT2D eigenvalue weighted by atomic mass is 19.4. The fourth-order valence-corrected chi connectivity index (χ4v) is 1.98. The number of nitrogens with zero attached hydrogens (tertiary/aromatic N) is 3. The van der Waals surface area contributed by atoms with Crippen LogP contribution in [0, 0.1) is 18.3 Å². The zero-order valence-corrected chi connectivity index (χ0v) is 11.5. The van der Waals surface area contributed by atoms with Crippen LogP contribution in [0.15, 0.2) is 24.3 Å². The first-order valence-corrected chi connectivity index (χ1v) is 6.16. The van der Waals surface area contributed by atoms with Crippen molar-refractivity contribution in [3.05, 3.63) is 46.8 Å². The molecule has 1 N–H and O–H groups in total. The molecule has 0 atom stereocenters. The molecule has 0 spiro atoms. The molecule has 0 saturated carbocycles. The number of halogens is 3. The summed E-state index contributed by atoms with van der Waals surface area (Å²) in [5.74, 6) is 0. The number of hydrogen-bond donors (Lipinski definition) is 1.